The molecule has 2 saturated heterocycles. The number of sulfonamides is 1. The van der Waals surface area contributed by atoms with Crippen LogP contribution in [-0.2, 0) is 14.8 Å². The second-order valence-electron chi connectivity index (χ2n) is 10.7. The molecule has 38 heavy (non-hydrogen) atoms. The number of carbonyl (C=O) groups excluding carboxylic acids is 1. The maximum absolute atomic E-state index is 14.1. The summed E-state index contributed by atoms with van der Waals surface area (Å²) in [6.45, 7) is 9.38. The van der Waals surface area contributed by atoms with E-state index in [0.29, 0.717) is 35.9 Å². The van der Waals surface area contributed by atoms with Crippen LogP contribution in [0.5, 0.6) is 0 Å². The zero-order valence-corrected chi connectivity index (χ0v) is 23.8. The number of piperazine rings is 1. The molecule has 2 aromatic carbocycles. The maximum atomic E-state index is 14.1. The second kappa shape index (κ2) is 12.3. The van der Waals surface area contributed by atoms with Crippen LogP contribution >= 0.6 is 11.6 Å². The number of ether oxygens (including phenoxy) is 1. The van der Waals surface area contributed by atoms with Crippen LogP contribution in [0.2, 0.25) is 5.02 Å². The summed E-state index contributed by atoms with van der Waals surface area (Å²) in [6.07, 6.45) is 1.36. The van der Waals surface area contributed by atoms with Crippen molar-refractivity contribution in [2.45, 2.75) is 63.1 Å². The molecule has 0 radical (unpaired) electrons. The lowest BCUT2D eigenvalue weighted by atomic mass is 9.93. The molecule has 0 spiro atoms. The first-order valence-corrected chi connectivity index (χ1v) is 15.1. The van der Waals surface area contributed by atoms with E-state index in [1.807, 2.05) is 6.92 Å². The van der Waals surface area contributed by atoms with Crippen LogP contribution in [0.25, 0.3) is 0 Å². The molecule has 2 aromatic rings. The molecule has 0 aliphatic carbocycles. The molecule has 0 aromatic heterocycles. The van der Waals surface area contributed by atoms with Crippen LogP contribution in [0, 0.1) is 11.7 Å². The van der Waals surface area contributed by atoms with Crippen LogP contribution in [0.15, 0.2) is 53.4 Å². The summed E-state index contributed by atoms with van der Waals surface area (Å²) < 4.78 is 49.2. The zero-order chi connectivity index (χ0) is 27.4. The quantitative estimate of drug-likeness (QED) is 0.439. The molecule has 0 N–H and O–H groups in total. The van der Waals surface area contributed by atoms with Gasteiger partial charge in [0.05, 0.1) is 17.0 Å². The Hall–Kier alpha value is -2.20. The number of benzene rings is 2. The molecule has 3 atom stereocenters. The van der Waals surface area contributed by atoms with E-state index in [-0.39, 0.29) is 17.5 Å². The van der Waals surface area contributed by atoms with Crippen LogP contribution < -0.4 is 0 Å². The van der Waals surface area contributed by atoms with E-state index in [2.05, 4.69) is 18.7 Å². The van der Waals surface area contributed by atoms with Crippen molar-refractivity contribution in [3.05, 3.63) is 64.9 Å². The van der Waals surface area contributed by atoms with E-state index in [0.717, 1.165) is 26.1 Å². The third-order valence-corrected chi connectivity index (χ3v) is 9.50. The summed E-state index contributed by atoms with van der Waals surface area (Å²) in [6, 6.07) is 10.9. The summed E-state index contributed by atoms with van der Waals surface area (Å²) in [7, 11) is -4.00. The molecule has 0 unspecified atom stereocenters. The topological polar surface area (TPSA) is 70.2 Å². The van der Waals surface area contributed by atoms with Crippen molar-refractivity contribution >= 4 is 27.7 Å². The number of carbonyl (C=O) groups is 1. The van der Waals surface area contributed by atoms with Crippen molar-refractivity contribution in [2.75, 3.05) is 32.8 Å². The Morgan fingerprint density at radius 2 is 1.87 bits per heavy atom. The molecule has 4 rings (SSSR count). The van der Waals surface area contributed by atoms with Gasteiger partial charge in [0.25, 0.3) is 0 Å². The van der Waals surface area contributed by atoms with Gasteiger partial charge in [-0.05, 0) is 74.1 Å². The largest absolute Gasteiger partial charge is 0.448 e. The highest BCUT2D eigenvalue weighted by Crippen LogP contribution is 2.39. The lowest BCUT2D eigenvalue weighted by Crippen LogP contribution is -2.55. The lowest BCUT2D eigenvalue weighted by molar-refractivity contribution is 0.0306. The molecule has 0 bridgehead atoms. The smallest absolute Gasteiger partial charge is 0.410 e. The standard InChI is InChI=1S/C28H37ClFN3O4S/c1-20(2)17-31-14-15-32(21(3)18-31)28(34)37-19-25-8-5-9-27(22-6-4-7-24(30)16-22)33(25)38(35,36)26-12-10-23(29)11-13-26/h4,6-7,10-13,16,20-21,25,27H,5,8-9,14-15,17-19H2,1-3H3/t21-,25+,27-/m0/s1. The van der Waals surface area contributed by atoms with Crippen molar-refractivity contribution in [1.29, 1.82) is 0 Å². The van der Waals surface area contributed by atoms with Gasteiger partial charge in [0.2, 0.25) is 10.0 Å². The van der Waals surface area contributed by atoms with E-state index in [1.165, 1.54) is 40.7 Å². The molecular weight excluding hydrogens is 529 g/mol. The second-order valence-corrected chi connectivity index (χ2v) is 13.0. The average Bonchev–Trinajstić information content (AvgIpc) is 2.87. The van der Waals surface area contributed by atoms with Gasteiger partial charge in [-0.15, -0.1) is 0 Å². The molecular formula is C28H37ClFN3O4S. The summed E-state index contributed by atoms with van der Waals surface area (Å²) in [5.74, 6) is 0.122. The van der Waals surface area contributed by atoms with Gasteiger partial charge < -0.3 is 9.64 Å². The predicted molar refractivity (Wildman–Crippen MR) is 146 cm³/mol. The van der Waals surface area contributed by atoms with Crippen molar-refractivity contribution in [3.63, 3.8) is 0 Å². The Balaban J connectivity index is 1.54. The molecule has 7 nitrogen and oxygen atoms in total. The van der Waals surface area contributed by atoms with Crippen molar-refractivity contribution < 1.29 is 22.3 Å². The van der Waals surface area contributed by atoms with E-state index in [4.69, 9.17) is 16.3 Å². The molecule has 0 saturated carbocycles. The lowest BCUT2D eigenvalue weighted by Gasteiger charge is -2.42. The van der Waals surface area contributed by atoms with Crippen LogP contribution in [0.3, 0.4) is 0 Å². The van der Waals surface area contributed by atoms with E-state index in [1.54, 1.807) is 17.0 Å². The van der Waals surface area contributed by atoms with Crippen molar-refractivity contribution in [3.8, 4) is 0 Å². The molecule has 2 aliphatic heterocycles. The number of piperidine rings is 1. The summed E-state index contributed by atoms with van der Waals surface area (Å²) in [5.41, 5.74) is 0.577. The van der Waals surface area contributed by atoms with E-state index < -0.39 is 34.0 Å². The Labute approximate surface area is 230 Å². The minimum atomic E-state index is -4.00. The van der Waals surface area contributed by atoms with Gasteiger partial charge in [0.15, 0.2) is 0 Å². The Morgan fingerprint density at radius 1 is 1.13 bits per heavy atom. The summed E-state index contributed by atoms with van der Waals surface area (Å²) in [4.78, 5) is 17.3. The normalized spacial score (nSPS) is 23.5. The van der Waals surface area contributed by atoms with Crippen molar-refractivity contribution in [1.82, 2.24) is 14.1 Å². The number of hydrogen-bond donors (Lipinski definition) is 0. The number of nitrogens with zero attached hydrogens (tertiary/aromatic N) is 3. The molecule has 1 amide bonds. The van der Waals surface area contributed by atoms with Gasteiger partial charge in [-0.25, -0.2) is 17.6 Å². The minimum absolute atomic E-state index is 0.00435. The van der Waals surface area contributed by atoms with Gasteiger partial charge in [0, 0.05) is 37.2 Å². The Kier molecular flexibility index (Phi) is 9.34. The highest BCUT2D eigenvalue weighted by Gasteiger charge is 2.42. The molecule has 2 aliphatic rings. The third-order valence-electron chi connectivity index (χ3n) is 7.27. The summed E-state index contributed by atoms with van der Waals surface area (Å²) >= 11 is 6.01. The number of hydrogen-bond acceptors (Lipinski definition) is 5. The predicted octanol–water partition coefficient (Wildman–Crippen LogP) is 5.56. The minimum Gasteiger partial charge on any atom is -0.448 e. The van der Waals surface area contributed by atoms with Crippen LogP contribution in [0.1, 0.15) is 51.6 Å². The first-order valence-electron chi connectivity index (χ1n) is 13.3. The average molecular weight is 566 g/mol. The number of amides is 1. The zero-order valence-electron chi connectivity index (χ0n) is 22.2. The number of halogens is 2. The van der Waals surface area contributed by atoms with Gasteiger partial charge in [-0.2, -0.15) is 4.31 Å². The molecule has 208 valence electrons. The first-order chi connectivity index (χ1) is 18.1. The Bertz CT molecular complexity index is 1210. The highest BCUT2D eigenvalue weighted by atomic mass is 35.5. The van der Waals surface area contributed by atoms with Crippen LogP contribution in [-0.4, -0.2) is 73.5 Å². The number of rotatable bonds is 7. The van der Waals surface area contributed by atoms with E-state index in [9.17, 15) is 17.6 Å². The third kappa shape index (κ3) is 6.68. The van der Waals surface area contributed by atoms with Gasteiger partial charge in [0.1, 0.15) is 12.4 Å². The van der Waals surface area contributed by atoms with Gasteiger partial charge in [-0.3, -0.25) is 4.90 Å². The fourth-order valence-corrected chi connectivity index (χ4v) is 7.54. The molecule has 2 fully saturated rings. The van der Waals surface area contributed by atoms with E-state index >= 15 is 0 Å². The summed E-state index contributed by atoms with van der Waals surface area (Å²) in [5, 5.41) is 0.428. The first kappa shape index (κ1) is 28.8. The molecule has 10 heteroatoms. The van der Waals surface area contributed by atoms with Crippen LogP contribution in [0.4, 0.5) is 9.18 Å². The monoisotopic (exact) mass is 565 g/mol. The maximum Gasteiger partial charge on any atom is 0.410 e. The van der Waals surface area contributed by atoms with Gasteiger partial charge in [-0.1, -0.05) is 37.6 Å². The van der Waals surface area contributed by atoms with Crippen molar-refractivity contribution in [2.24, 2.45) is 5.92 Å². The highest BCUT2D eigenvalue weighted by molar-refractivity contribution is 7.89. The SMILES string of the molecule is CC(C)CN1CCN(C(=O)OC[C@H]2CCC[C@@H](c3cccc(F)c3)N2S(=O)(=O)c2ccc(Cl)cc2)[C@@H](C)C1. The van der Waals surface area contributed by atoms with Gasteiger partial charge >= 0.3 is 6.09 Å². The fraction of sp³-hybridized carbons (Fsp3) is 0.536. The fourth-order valence-electron chi connectivity index (χ4n) is 5.57. The molecule has 2 heterocycles. The Morgan fingerprint density at radius 3 is 2.53 bits per heavy atom.